The van der Waals surface area contributed by atoms with Gasteiger partial charge in [-0.05, 0) is 30.7 Å². The number of aryl methyl sites for hydroxylation is 1. The van der Waals surface area contributed by atoms with Gasteiger partial charge in [-0.2, -0.15) is 0 Å². The molecule has 1 N–H and O–H groups in total. The van der Waals surface area contributed by atoms with E-state index < -0.39 is 6.10 Å². The summed E-state index contributed by atoms with van der Waals surface area (Å²) < 4.78 is 11.1. The van der Waals surface area contributed by atoms with Crippen LogP contribution in [0.15, 0.2) is 36.7 Å². The molecule has 0 bridgehead atoms. The van der Waals surface area contributed by atoms with E-state index in [1.165, 1.54) is 0 Å². The van der Waals surface area contributed by atoms with Gasteiger partial charge in [0.1, 0.15) is 30.8 Å². The lowest BCUT2D eigenvalue weighted by Gasteiger charge is -2.08. The van der Waals surface area contributed by atoms with Gasteiger partial charge in [0.2, 0.25) is 0 Å². The average molecular weight is 257 g/mol. The highest BCUT2D eigenvalue weighted by molar-refractivity contribution is 5.44. The molecule has 1 aromatic carbocycles. The van der Waals surface area contributed by atoms with Crippen molar-refractivity contribution in [3.63, 3.8) is 0 Å². The molecule has 19 heavy (non-hydrogen) atoms. The molecule has 0 spiro atoms. The molecule has 0 amide bonds. The van der Waals surface area contributed by atoms with Gasteiger partial charge in [-0.25, -0.2) is 0 Å². The van der Waals surface area contributed by atoms with Crippen molar-refractivity contribution in [3.8, 4) is 11.5 Å². The second kappa shape index (κ2) is 4.90. The second-order valence-electron chi connectivity index (χ2n) is 4.69. The minimum atomic E-state index is -0.523. The van der Waals surface area contributed by atoms with Crippen molar-refractivity contribution in [2.45, 2.75) is 19.6 Å². The van der Waals surface area contributed by atoms with Crippen LogP contribution in [-0.2, 0) is 6.61 Å². The number of hydrogen-bond acceptors (Lipinski definition) is 4. The summed E-state index contributed by atoms with van der Waals surface area (Å²) in [5, 5.41) is 9.64. The standard InChI is InChI=1S/C15H15NO3/c1-10-4-11(7-16-6-10)8-18-12-2-3-13-14(17)9-19-15(13)5-12/h2-7,14,17H,8-9H2,1H3. The molecule has 2 heterocycles. The Labute approximate surface area is 111 Å². The zero-order valence-corrected chi connectivity index (χ0v) is 10.7. The van der Waals surface area contributed by atoms with E-state index in [1.807, 2.05) is 37.4 Å². The number of aliphatic hydroxyl groups excluding tert-OH is 1. The van der Waals surface area contributed by atoms with Crippen LogP contribution in [0.5, 0.6) is 11.5 Å². The number of nitrogens with zero attached hydrogens (tertiary/aromatic N) is 1. The van der Waals surface area contributed by atoms with Crippen molar-refractivity contribution < 1.29 is 14.6 Å². The molecule has 1 aromatic heterocycles. The average Bonchev–Trinajstić information content (AvgIpc) is 2.78. The molecule has 2 aromatic rings. The van der Waals surface area contributed by atoms with Crippen molar-refractivity contribution in [1.29, 1.82) is 0 Å². The van der Waals surface area contributed by atoms with E-state index in [0.29, 0.717) is 19.0 Å². The molecule has 0 saturated carbocycles. The second-order valence-corrected chi connectivity index (χ2v) is 4.69. The van der Waals surface area contributed by atoms with Crippen molar-refractivity contribution >= 4 is 0 Å². The Hall–Kier alpha value is -2.07. The lowest BCUT2D eigenvalue weighted by atomic mass is 10.1. The van der Waals surface area contributed by atoms with Crippen molar-refractivity contribution in [2.75, 3.05) is 6.61 Å². The third-order valence-electron chi connectivity index (χ3n) is 3.08. The lowest BCUT2D eigenvalue weighted by Crippen LogP contribution is -1.97. The first-order valence-corrected chi connectivity index (χ1v) is 6.20. The fourth-order valence-corrected chi connectivity index (χ4v) is 2.13. The molecule has 1 atom stereocenters. The summed E-state index contributed by atoms with van der Waals surface area (Å²) >= 11 is 0. The number of aliphatic hydroxyl groups is 1. The predicted molar refractivity (Wildman–Crippen MR) is 70.2 cm³/mol. The fraction of sp³-hybridized carbons (Fsp3) is 0.267. The van der Waals surface area contributed by atoms with Crippen LogP contribution in [0.1, 0.15) is 22.8 Å². The Morgan fingerprint density at radius 1 is 1.37 bits per heavy atom. The zero-order chi connectivity index (χ0) is 13.2. The van der Waals surface area contributed by atoms with Gasteiger partial charge >= 0.3 is 0 Å². The molecule has 4 heteroatoms. The van der Waals surface area contributed by atoms with E-state index in [-0.39, 0.29) is 0 Å². The summed E-state index contributed by atoms with van der Waals surface area (Å²) in [6.45, 7) is 2.79. The smallest absolute Gasteiger partial charge is 0.129 e. The molecule has 1 unspecified atom stereocenters. The van der Waals surface area contributed by atoms with Gasteiger partial charge in [-0.1, -0.05) is 0 Å². The summed E-state index contributed by atoms with van der Waals surface area (Å²) in [5.41, 5.74) is 2.97. The number of ether oxygens (including phenoxy) is 2. The molecule has 1 aliphatic rings. The van der Waals surface area contributed by atoms with E-state index in [1.54, 1.807) is 6.20 Å². The van der Waals surface area contributed by atoms with Crippen LogP contribution in [0.3, 0.4) is 0 Å². The quantitative estimate of drug-likeness (QED) is 0.917. The number of aromatic nitrogens is 1. The monoisotopic (exact) mass is 257 g/mol. The number of hydrogen-bond donors (Lipinski definition) is 1. The number of rotatable bonds is 3. The van der Waals surface area contributed by atoms with E-state index in [2.05, 4.69) is 4.98 Å². The number of pyridine rings is 1. The first kappa shape index (κ1) is 12.0. The SMILES string of the molecule is Cc1cncc(COc2ccc3c(c2)OCC3O)c1. The fourth-order valence-electron chi connectivity index (χ4n) is 2.13. The van der Waals surface area contributed by atoms with E-state index in [4.69, 9.17) is 9.47 Å². The molecule has 0 saturated heterocycles. The first-order valence-electron chi connectivity index (χ1n) is 6.20. The minimum absolute atomic E-state index is 0.320. The number of fused-ring (bicyclic) bond motifs is 1. The topological polar surface area (TPSA) is 51.6 Å². The predicted octanol–water partition coefficient (Wildman–Crippen LogP) is 2.39. The Balaban J connectivity index is 1.71. The maximum atomic E-state index is 9.64. The van der Waals surface area contributed by atoms with E-state index in [9.17, 15) is 5.11 Å². The van der Waals surface area contributed by atoms with Gasteiger partial charge in [0.25, 0.3) is 0 Å². The Kier molecular flexibility index (Phi) is 3.09. The van der Waals surface area contributed by atoms with Crippen LogP contribution in [-0.4, -0.2) is 16.7 Å². The lowest BCUT2D eigenvalue weighted by molar-refractivity contribution is 0.140. The minimum Gasteiger partial charge on any atom is -0.490 e. The Morgan fingerprint density at radius 3 is 3.11 bits per heavy atom. The highest BCUT2D eigenvalue weighted by atomic mass is 16.5. The van der Waals surface area contributed by atoms with E-state index in [0.717, 1.165) is 22.4 Å². The molecule has 98 valence electrons. The van der Waals surface area contributed by atoms with Gasteiger partial charge in [-0.15, -0.1) is 0 Å². The normalized spacial score (nSPS) is 16.8. The van der Waals surface area contributed by atoms with Crippen LogP contribution in [0.2, 0.25) is 0 Å². The van der Waals surface area contributed by atoms with Gasteiger partial charge in [-0.3, -0.25) is 4.98 Å². The van der Waals surface area contributed by atoms with Gasteiger partial charge in [0, 0.05) is 29.6 Å². The molecule has 0 fully saturated rings. The summed E-state index contributed by atoms with van der Waals surface area (Å²) in [6, 6.07) is 7.55. The Morgan fingerprint density at radius 2 is 2.26 bits per heavy atom. The highest BCUT2D eigenvalue weighted by Gasteiger charge is 2.21. The zero-order valence-electron chi connectivity index (χ0n) is 10.7. The van der Waals surface area contributed by atoms with Gasteiger partial charge in [0.05, 0.1) is 0 Å². The maximum absolute atomic E-state index is 9.64. The molecule has 1 aliphatic heterocycles. The molecule has 3 rings (SSSR count). The highest BCUT2D eigenvalue weighted by Crippen LogP contribution is 2.35. The summed E-state index contributed by atoms with van der Waals surface area (Å²) in [6.07, 6.45) is 3.08. The van der Waals surface area contributed by atoms with Crippen molar-refractivity contribution in [1.82, 2.24) is 4.98 Å². The summed E-state index contributed by atoms with van der Waals surface area (Å²) in [7, 11) is 0. The van der Waals surface area contributed by atoms with Crippen LogP contribution in [0.4, 0.5) is 0 Å². The molecular weight excluding hydrogens is 242 g/mol. The van der Waals surface area contributed by atoms with E-state index >= 15 is 0 Å². The van der Waals surface area contributed by atoms with Crippen molar-refractivity contribution in [3.05, 3.63) is 53.3 Å². The number of benzene rings is 1. The summed E-state index contributed by atoms with van der Waals surface area (Å²) in [5.74, 6) is 1.43. The van der Waals surface area contributed by atoms with Crippen molar-refractivity contribution in [2.24, 2.45) is 0 Å². The Bertz CT molecular complexity index is 598. The third kappa shape index (κ3) is 2.53. The molecular formula is C15H15NO3. The van der Waals surface area contributed by atoms with Gasteiger partial charge in [0.15, 0.2) is 0 Å². The van der Waals surface area contributed by atoms with Crippen LogP contribution in [0, 0.1) is 6.92 Å². The maximum Gasteiger partial charge on any atom is 0.129 e. The molecule has 4 nitrogen and oxygen atoms in total. The van der Waals surface area contributed by atoms with Crippen LogP contribution in [0.25, 0.3) is 0 Å². The molecule has 0 radical (unpaired) electrons. The van der Waals surface area contributed by atoms with Crippen LogP contribution >= 0.6 is 0 Å². The third-order valence-corrected chi connectivity index (χ3v) is 3.08. The largest absolute Gasteiger partial charge is 0.490 e. The first-order chi connectivity index (χ1) is 9.22. The van der Waals surface area contributed by atoms with Crippen LogP contribution < -0.4 is 9.47 Å². The summed E-state index contributed by atoms with van der Waals surface area (Å²) in [4.78, 5) is 4.13. The molecule has 0 aliphatic carbocycles. The van der Waals surface area contributed by atoms with Gasteiger partial charge < -0.3 is 14.6 Å².